The summed E-state index contributed by atoms with van der Waals surface area (Å²) in [5.41, 5.74) is 1.32. The molecule has 0 atom stereocenters. The summed E-state index contributed by atoms with van der Waals surface area (Å²) in [6.07, 6.45) is 6.42. The van der Waals surface area contributed by atoms with Gasteiger partial charge in [0.2, 0.25) is 0 Å². The highest BCUT2D eigenvalue weighted by Gasteiger charge is 2.23. The molecule has 1 amide bonds. The quantitative estimate of drug-likeness (QED) is 0.835. The minimum atomic E-state index is -0.0140. The second-order valence-electron chi connectivity index (χ2n) is 5.44. The Balaban J connectivity index is 1.60. The van der Waals surface area contributed by atoms with Crippen LogP contribution in [0.15, 0.2) is 18.7 Å². The second-order valence-corrected chi connectivity index (χ2v) is 5.44. The first-order valence-electron chi connectivity index (χ1n) is 7.61. The third-order valence-corrected chi connectivity index (χ3v) is 3.93. The number of imidazole rings is 1. The molecule has 1 aliphatic rings. The van der Waals surface area contributed by atoms with E-state index in [1.54, 1.807) is 12.5 Å². The first-order valence-corrected chi connectivity index (χ1v) is 7.61. The molecule has 22 heavy (non-hydrogen) atoms. The normalized spacial score (nSPS) is 15.2. The van der Waals surface area contributed by atoms with Gasteiger partial charge in [-0.2, -0.15) is 0 Å². The van der Waals surface area contributed by atoms with Crippen molar-refractivity contribution >= 4 is 5.91 Å². The summed E-state index contributed by atoms with van der Waals surface area (Å²) in [7, 11) is 0. The van der Waals surface area contributed by atoms with Crippen LogP contribution in [0.4, 0.5) is 0 Å². The monoisotopic (exact) mass is 303 g/mol. The van der Waals surface area contributed by atoms with Gasteiger partial charge >= 0.3 is 0 Å². The Hall–Kier alpha value is -2.22. The number of aromatic nitrogens is 5. The largest absolute Gasteiger partial charge is 0.337 e. The van der Waals surface area contributed by atoms with Gasteiger partial charge in [-0.25, -0.2) is 9.67 Å². The number of aryl methyl sites for hydroxylation is 2. The van der Waals surface area contributed by atoms with Gasteiger partial charge in [-0.15, -0.1) is 5.10 Å². The minimum absolute atomic E-state index is 0.0140. The number of carbonyl (C=O) groups is 1. The van der Waals surface area contributed by atoms with E-state index in [0.29, 0.717) is 5.69 Å². The number of nitrogens with one attached hydrogen (secondary N) is 1. The summed E-state index contributed by atoms with van der Waals surface area (Å²) in [4.78, 5) is 18.3. The molecule has 1 saturated heterocycles. The van der Waals surface area contributed by atoms with Crippen LogP contribution in [-0.2, 0) is 13.1 Å². The highest BCUT2D eigenvalue weighted by molar-refractivity contribution is 5.93. The highest BCUT2D eigenvalue weighted by atomic mass is 16.2. The van der Waals surface area contributed by atoms with E-state index in [1.165, 1.54) is 0 Å². The Kier molecular flexibility index (Phi) is 4.47. The average molecular weight is 303 g/mol. The Bertz CT molecular complexity index is 613. The van der Waals surface area contributed by atoms with Crippen molar-refractivity contribution in [3.8, 4) is 0 Å². The predicted molar refractivity (Wildman–Crippen MR) is 80.4 cm³/mol. The average Bonchev–Trinajstić information content (AvgIpc) is 3.18. The van der Waals surface area contributed by atoms with Crippen LogP contribution in [0.25, 0.3) is 0 Å². The first-order chi connectivity index (χ1) is 10.8. The van der Waals surface area contributed by atoms with Crippen molar-refractivity contribution in [1.82, 2.24) is 34.8 Å². The van der Waals surface area contributed by atoms with Crippen molar-refractivity contribution < 1.29 is 4.79 Å². The van der Waals surface area contributed by atoms with Crippen LogP contribution in [-0.4, -0.2) is 61.5 Å². The molecular formula is C14H21N7O. The fourth-order valence-electron chi connectivity index (χ4n) is 2.61. The fraction of sp³-hybridized carbons (Fsp3) is 0.571. The minimum Gasteiger partial charge on any atom is -0.337 e. The molecule has 0 unspecified atom stereocenters. The maximum atomic E-state index is 12.5. The summed E-state index contributed by atoms with van der Waals surface area (Å²) >= 11 is 0. The number of carbonyl (C=O) groups excluding carboxylic acids is 1. The summed E-state index contributed by atoms with van der Waals surface area (Å²) in [5.74, 6) is -0.0140. The van der Waals surface area contributed by atoms with Gasteiger partial charge in [0.25, 0.3) is 5.91 Å². The lowest BCUT2D eigenvalue weighted by Crippen LogP contribution is -2.46. The number of amides is 1. The number of nitrogens with zero attached hydrogens (tertiary/aromatic N) is 6. The van der Waals surface area contributed by atoms with Crippen LogP contribution < -0.4 is 5.32 Å². The standard InChI is InChI=1S/C14H21N7O/c1-12-13(14(22)20-9-4-15-5-10-20)17-18-21(12)7-2-6-19-8-3-16-11-19/h3,8,11,15H,2,4-7,9-10H2,1H3. The molecule has 8 nitrogen and oxygen atoms in total. The molecule has 118 valence electrons. The molecule has 1 aliphatic heterocycles. The van der Waals surface area contributed by atoms with Gasteiger partial charge in [-0.05, 0) is 13.3 Å². The van der Waals surface area contributed by atoms with E-state index in [9.17, 15) is 4.79 Å². The molecule has 0 aromatic carbocycles. The van der Waals surface area contributed by atoms with Crippen LogP contribution in [0.2, 0.25) is 0 Å². The molecule has 0 radical (unpaired) electrons. The SMILES string of the molecule is Cc1c(C(=O)N2CCNCC2)nnn1CCCn1ccnc1. The lowest BCUT2D eigenvalue weighted by atomic mass is 10.2. The molecular weight excluding hydrogens is 282 g/mol. The Morgan fingerprint density at radius 2 is 2.14 bits per heavy atom. The van der Waals surface area contributed by atoms with Crippen molar-refractivity contribution in [2.24, 2.45) is 0 Å². The zero-order valence-electron chi connectivity index (χ0n) is 12.8. The summed E-state index contributed by atoms with van der Waals surface area (Å²) in [6, 6.07) is 0. The van der Waals surface area contributed by atoms with Gasteiger partial charge in [0, 0.05) is 51.7 Å². The van der Waals surface area contributed by atoms with Crippen molar-refractivity contribution in [1.29, 1.82) is 0 Å². The molecule has 3 rings (SSSR count). The van der Waals surface area contributed by atoms with E-state index >= 15 is 0 Å². The van der Waals surface area contributed by atoms with Crippen molar-refractivity contribution in [2.45, 2.75) is 26.4 Å². The van der Waals surface area contributed by atoms with Gasteiger partial charge in [-0.3, -0.25) is 4.79 Å². The van der Waals surface area contributed by atoms with E-state index in [1.807, 2.05) is 27.3 Å². The number of rotatable bonds is 5. The Labute approximate surface area is 129 Å². The smallest absolute Gasteiger partial charge is 0.276 e. The van der Waals surface area contributed by atoms with Gasteiger partial charge in [0.1, 0.15) is 0 Å². The number of hydrogen-bond donors (Lipinski definition) is 1. The highest BCUT2D eigenvalue weighted by Crippen LogP contribution is 2.09. The Morgan fingerprint density at radius 3 is 2.86 bits per heavy atom. The molecule has 1 fully saturated rings. The van der Waals surface area contributed by atoms with Crippen LogP contribution >= 0.6 is 0 Å². The van der Waals surface area contributed by atoms with E-state index in [2.05, 4.69) is 20.6 Å². The van der Waals surface area contributed by atoms with Crippen molar-refractivity contribution in [2.75, 3.05) is 26.2 Å². The van der Waals surface area contributed by atoms with Crippen LogP contribution in [0.3, 0.4) is 0 Å². The lowest BCUT2D eigenvalue weighted by molar-refractivity contribution is 0.0729. The maximum absolute atomic E-state index is 12.5. The van der Waals surface area contributed by atoms with E-state index in [-0.39, 0.29) is 5.91 Å². The predicted octanol–water partition coefficient (Wildman–Crippen LogP) is -0.0813. The Morgan fingerprint density at radius 1 is 1.32 bits per heavy atom. The second kappa shape index (κ2) is 6.69. The molecule has 2 aromatic heterocycles. The van der Waals surface area contributed by atoms with Crippen molar-refractivity contribution in [3.05, 3.63) is 30.1 Å². The summed E-state index contributed by atoms with van der Waals surface area (Å²) < 4.78 is 3.84. The van der Waals surface area contributed by atoms with Gasteiger partial charge in [-0.1, -0.05) is 5.21 Å². The molecule has 8 heteroatoms. The van der Waals surface area contributed by atoms with E-state index in [4.69, 9.17) is 0 Å². The third kappa shape index (κ3) is 3.16. The third-order valence-electron chi connectivity index (χ3n) is 3.93. The molecule has 0 spiro atoms. The van der Waals surface area contributed by atoms with Crippen molar-refractivity contribution in [3.63, 3.8) is 0 Å². The van der Waals surface area contributed by atoms with Gasteiger partial charge < -0.3 is 14.8 Å². The van der Waals surface area contributed by atoms with Gasteiger partial charge in [0.05, 0.1) is 12.0 Å². The molecule has 0 saturated carbocycles. The van der Waals surface area contributed by atoms with Gasteiger partial charge in [0.15, 0.2) is 5.69 Å². The van der Waals surface area contributed by atoms with Crippen LogP contribution in [0.1, 0.15) is 22.6 Å². The number of piperazine rings is 1. The fourth-order valence-corrected chi connectivity index (χ4v) is 2.61. The maximum Gasteiger partial charge on any atom is 0.276 e. The zero-order valence-corrected chi connectivity index (χ0v) is 12.8. The molecule has 1 N–H and O–H groups in total. The number of hydrogen-bond acceptors (Lipinski definition) is 5. The summed E-state index contributed by atoms with van der Waals surface area (Å²) in [5, 5.41) is 11.5. The van der Waals surface area contributed by atoms with E-state index < -0.39 is 0 Å². The molecule has 3 heterocycles. The van der Waals surface area contributed by atoms with Crippen LogP contribution in [0.5, 0.6) is 0 Å². The topological polar surface area (TPSA) is 80.9 Å². The van der Waals surface area contributed by atoms with E-state index in [0.717, 1.165) is 51.4 Å². The lowest BCUT2D eigenvalue weighted by Gasteiger charge is -2.26. The molecule has 0 aliphatic carbocycles. The first kappa shape index (κ1) is 14.7. The molecule has 2 aromatic rings. The zero-order chi connectivity index (χ0) is 15.4. The van der Waals surface area contributed by atoms with Crippen LogP contribution in [0, 0.1) is 6.92 Å². The molecule has 0 bridgehead atoms. The summed E-state index contributed by atoms with van der Waals surface area (Å²) in [6.45, 7) is 6.66.